The minimum absolute atomic E-state index is 0.0331. The van der Waals surface area contributed by atoms with E-state index in [0.717, 1.165) is 17.1 Å². The molecule has 1 aromatic heterocycles. The number of hydrogen-bond donors (Lipinski definition) is 2. The van der Waals surface area contributed by atoms with Crippen LogP contribution in [0.4, 0.5) is 0 Å². The second-order valence-corrected chi connectivity index (χ2v) is 4.45. The summed E-state index contributed by atoms with van der Waals surface area (Å²) in [6.45, 7) is 4.28. The van der Waals surface area contributed by atoms with Crippen LogP contribution in [0.2, 0.25) is 0 Å². The maximum atomic E-state index is 8.82. The van der Waals surface area contributed by atoms with E-state index in [-0.39, 0.29) is 12.6 Å². The van der Waals surface area contributed by atoms with Crippen LogP contribution in [0.1, 0.15) is 30.6 Å². The number of aromatic nitrogens is 1. The molecule has 1 atom stereocenters. The van der Waals surface area contributed by atoms with E-state index in [2.05, 4.69) is 18.8 Å². The summed E-state index contributed by atoms with van der Waals surface area (Å²) >= 11 is 1.53. The van der Waals surface area contributed by atoms with Crippen LogP contribution in [0.15, 0.2) is 5.38 Å². The molecule has 74 valence electrons. The van der Waals surface area contributed by atoms with Crippen molar-refractivity contribution in [3.05, 3.63) is 16.1 Å². The minimum atomic E-state index is -0.314. The van der Waals surface area contributed by atoms with Gasteiger partial charge in [0, 0.05) is 5.38 Å². The molecule has 0 fully saturated rings. The van der Waals surface area contributed by atoms with E-state index in [0.29, 0.717) is 5.92 Å². The number of thiazole rings is 1. The number of aliphatic hydroxyl groups is 1. The van der Waals surface area contributed by atoms with Gasteiger partial charge in [0.1, 0.15) is 5.01 Å². The first kappa shape index (κ1) is 10.6. The molecular formula is C9H16N2OS. The van der Waals surface area contributed by atoms with E-state index in [1.165, 1.54) is 11.3 Å². The highest BCUT2D eigenvalue weighted by molar-refractivity contribution is 7.09. The summed E-state index contributed by atoms with van der Waals surface area (Å²) in [4.78, 5) is 4.35. The van der Waals surface area contributed by atoms with Crippen LogP contribution >= 0.6 is 11.3 Å². The van der Waals surface area contributed by atoms with Crippen LogP contribution in [-0.2, 0) is 6.42 Å². The Morgan fingerprint density at radius 1 is 1.62 bits per heavy atom. The molecule has 0 saturated heterocycles. The molecule has 0 aromatic carbocycles. The van der Waals surface area contributed by atoms with Crippen molar-refractivity contribution in [1.82, 2.24) is 4.98 Å². The van der Waals surface area contributed by atoms with Gasteiger partial charge in [-0.1, -0.05) is 13.8 Å². The fourth-order valence-corrected chi connectivity index (χ4v) is 1.91. The average Bonchev–Trinajstić information content (AvgIpc) is 2.50. The van der Waals surface area contributed by atoms with Gasteiger partial charge in [0.2, 0.25) is 0 Å². The molecule has 0 aliphatic heterocycles. The second kappa shape index (κ2) is 4.69. The van der Waals surface area contributed by atoms with Crippen molar-refractivity contribution in [2.45, 2.75) is 26.3 Å². The third kappa shape index (κ3) is 3.06. The van der Waals surface area contributed by atoms with Crippen LogP contribution in [0, 0.1) is 5.92 Å². The van der Waals surface area contributed by atoms with Gasteiger partial charge in [0.25, 0.3) is 0 Å². The molecule has 0 aliphatic rings. The Morgan fingerprint density at radius 3 is 2.85 bits per heavy atom. The summed E-state index contributed by atoms with van der Waals surface area (Å²) in [5.41, 5.74) is 6.72. The largest absolute Gasteiger partial charge is 0.394 e. The summed E-state index contributed by atoms with van der Waals surface area (Å²) in [6, 6.07) is -0.314. The van der Waals surface area contributed by atoms with Gasteiger partial charge in [-0.25, -0.2) is 4.98 Å². The van der Waals surface area contributed by atoms with Gasteiger partial charge in [-0.05, 0) is 12.3 Å². The molecule has 0 amide bonds. The van der Waals surface area contributed by atoms with Crippen molar-refractivity contribution in [2.24, 2.45) is 11.7 Å². The molecule has 3 N–H and O–H groups in total. The van der Waals surface area contributed by atoms with Crippen molar-refractivity contribution in [2.75, 3.05) is 6.61 Å². The number of rotatable bonds is 4. The van der Waals surface area contributed by atoms with Crippen LogP contribution in [0.3, 0.4) is 0 Å². The second-order valence-electron chi connectivity index (χ2n) is 3.56. The number of hydrogen-bond acceptors (Lipinski definition) is 4. The summed E-state index contributed by atoms with van der Waals surface area (Å²) in [6.07, 6.45) is 0.981. The molecule has 0 saturated carbocycles. The molecule has 3 nitrogen and oxygen atoms in total. The van der Waals surface area contributed by atoms with E-state index in [1.807, 2.05) is 5.38 Å². The normalized spacial score (nSPS) is 13.6. The van der Waals surface area contributed by atoms with Crippen molar-refractivity contribution in [3.8, 4) is 0 Å². The monoisotopic (exact) mass is 200 g/mol. The molecule has 0 radical (unpaired) electrons. The number of aliphatic hydroxyl groups excluding tert-OH is 1. The first-order chi connectivity index (χ1) is 6.13. The first-order valence-electron chi connectivity index (χ1n) is 4.44. The van der Waals surface area contributed by atoms with E-state index in [4.69, 9.17) is 10.8 Å². The number of nitrogens with two attached hydrogens (primary N) is 1. The molecule has 1 rings (SSSR count). The van der Waals surface area contributed by atoms with Gasteiger partial charge in [0.15, 0.2) is 0 Å². The SMILES string of the molecule is CC(C)Cc1csc(C(N)CO)n1. The summed E-state index contributed by atoms with van der Waals surface area (Å²) in [5, 5.41) is 11.7. The molecule has 1 heterocycles. The smallest absolute Gasteiger partial charge is 0.112 e. The zero-order chi connectivity index (χ0) is 9.84. The lowest BCUT2D eigenvalue weighted by Crippen LogP contribution is -2.14. The minimum Gasteiger partial charge on any atom is -0.394 e. The number of nitrogens with zero attached hydrogens (tertiary/aromatic N) is 1. The van der Waals surface area contributed by atoms with E-state index in [9.17, 15) is 0 Å². The third-order valence-electron chi connectivity index (χ3n) is 1.70. The standard InChI is InChI=1S/C9H16N2OS/c1-6(2)3-7-5-13-9(11-7)8(10)4-12/h5-6,8,12H,3-4,10H2,1-2H3. The molecule has 0 bridgehead atoms. The molecule has 0 spiro atoms. The van der Waals surface area contributed by atoms with Crippen molar-refractivity contribution in [3.63, 3.8) is 0 Å². The molecule has 0 aliphatic carbocycles. The van der Waals surface area contributed by atoms with Crippen molar-refractivity contribution in [1.29, 1.82) is 0 Å². The predicted molar refractivity (Wildman–Crippen MR) is 54.7 cm³/mol. The molecule has 4 heteroatoms. The zero-order valence-electron chi connectivity index (χ0n) is 8.03. The Hall–Kier alpha value is -0.450. The Balaban J connectivity index is 2.63. The maximum absolute atomic E-state index is 8.82. The zero-order valence-corrected chi connectivity index (χ0v) is 8.84. The molecule has 13 heavy (non-hydrogen) atoms. The van der Waals surface area contributed by atoms with Crippen LogP contribution < -0.4 is 5.73 Å². The highest BCUT2D eigenvalue weighted by atomic mass is 32.1. The van der Waals surface area contributed by atoms with Gasteiger partial charge >= 0.3 is 0 Å². The lowest BCUT2D eigenvalue weighted by molar-refractivity contribution is 0.267. The van der Waals surface area contributed by atoms with E-state index >= 15 is 0 Å². The maximum Gasteiger partial charge on any atom is 0.112 e. The van der Waals surface area contributed by atoms with Gasteiger partial charge in [-0.3, -0.25) is 0 Å². The Morgan fingerprint density at radius 2 is 2.31 bits per heavy atom. The lowest BCUT2D eigenvalue weighted by Gasteiger charge is -2.02. The first-order valence-corrected chi connectivity index (χ1v) is 5.32. The summed E-state index contributed by atoms with van der Waals surface area (Å²) < 4.78 is 0. The highest BCUT2D eigenvalue weighted by Gasteiger charge is 2.10. The summed E-state index contributed by atoms with van der Waals surface area (Å²) in [7, 11) is 0. The van der Waals surface area contributed by atoms with Gasteiger partial charge in [0.05, 0.1) is 18.3 Å². The van der Waals surface area contributed by atoms with E-state index in [1.54, 1.807) is 0 Å². The van der Waals surface area contributed by atoms with Crippen LogP contribution in [0.25, 0.3) is 0 Å². The van der Waals surface area contributed by atoms with Crippen molar-refractivity contribution >= 4 is 11.3 Å². The highest BCUT2D eigenvalue weighted by Crippen LogP contribution is 2.17. The third-order valence-corrected chi connectivity index (χ3v) is 2.73. The molecular weight excluding hydrogens is 184 g/mol. The quantitative estimate of drug-likeness (QED) is 0.771. The van der Waals surface area contributed by atoms with E-state index < -0.39 is 0 Å². The Labute approximate surface area is 82.6 Å². The average molecular weight is 200 g/mol. The van der Waals surface area contributed by atoms with Gasteiger partial charge < -0.3 is 10.8 Å². The molecule has 1 aromatic rings. The fraction of sp³-hybridized carbons (Fsp3) is 0.667. The van der Waals surface area contributed by atoms with Crippen LogP contribution in [0.5, 0.6) is 0 Å². The Kier molecular flexibility index (Phi) is 3.84. The van der Waals surface area contributed by atoms with Gasteiger partial charge in [-0.2, -0.15) is 0 Å². The topological polar surface area (TPSA) is 59.1 Å². The Bertz CT molecular complexity index is 260. The van der Waals surface area contributed by atoms with Crippen molar-refractivity contribution < 1.29 is 5.11 Å². The molecule has 1 unspecified atom stereocenters. The lowest BCUT2D eigenvalue weighted by atomic mass is 10.1. The fourth-order valence-electron chi connectivity index (χ4n) is 1.08. The van der Waals surface area contributed by atoms with Gasteiger partial charge in [-0.15, -0.1) is 11.3 Å². The van der Waals surface area contributed by atoms with Crippen LogP contribution in [-0.4, -0.2) is 16.7 Å². The predicted octanol–water partition coefficient (Wildman–Crippen LogP) is 1.33. The summed E-state index contributed by atoms with van der Waals surface area (Å²) in [5.74, 6) is 0.611.